The summed E-state index contributed by atoms with van der Waals surface area (Å²) in [4.78, 5) is 4.34. The summed E-state index contributed by atoms with van der Waals surface area (Å²) in [5, 5.41) is 11.5. The van der Waals surface area contributed by atoms with E-state index in [0.717, 1.165) is 42.5 Å². The van der Waals surface area contributed by atoms with Gasteiger partial charge in [0.05, 0.1) is 30.2 Å². The van der Waals surface area contributed by atoms with Crippen LogP contribution in [0.3, 0.4) is 0 Å². The number of benzene rings is 1. The van der Waals surface area contributed by atoms with Crippen LogP contribution in [-0.2, 0) is 0 Å². The Hall–Kier alpha value is -2.33. The van der Waals surface area contributed by atoms with Gasteiger partial charge in [0.1, 0.15) is 5.75 Å². The van der Waals surface area contributed by atoms with E-state index in [-0.39, 0.29) is 0 Å². The average molecular weight is 431 g/mol. The number of fused-ring (bicyclic) bond motifs is 1. The molecule has 0 aliphatic heterocycles. The lowest BCUT2D eigenvalue weighted by molar-refractivity contribution is 0.0810. The van der Waals surface area contributed by atoms with Gasteiger partial charge in [0.15, 0.2) is 0 Å². The quantitative estimate of drug-likeness (QED) is 0.483. The normalized spacial score (nSPS) is 25.3. The lowest BCUT2D eigenvalue weighted by atomic mass is 9.75. The SMILES string of the molecule is O[C@H](c1c(C2CC2)ccn2cncc12)[C@H]1CC[C@H](c2ccc(OC3CCCC3)cc2)CC1. The van der Waals surface area contributed by atoms with Crippen molar-refractivity contribution in [3.05, 3.63) is 65.7 Å². The van der Waals surface area contributed by atoms with Crippen molar-refractivity contribution in [1.29, 1.82) is 0 Å². The second-order valence-electron chi connectivity index (χ2n) is 10.3. The van der Waals surface area contributed by atoms with E-state index in [4.69, 9.17) is 4.74 Å². The minimum absolute atomic E-state index is 0.329. The second kappa shape index (κ2) is 8.55. The zero-order valence-electron chi connectivity index (χ0n) is 18.8. The maximum atomic E-state index is 11.5. The lowest BCUT2D eigenvalue weighted by Gasteiger charge is -2.33. The molecule has 3 aliphatic rings. The summed E-state index contributed by atoms with van der Waals surface area (Å²) in [6.07, 6.45) is 17.8. The highest BCUT2D eigenvalue weighted by Crippen LogP contribution is 2.48. The number of nitrogens with zero attached hydrogens (tertiary/aromatic N) is 2. The molecule has 1 aromatic carbocycles. The van der Waals surface area contributed by atoms with Crippen LogP contribution in [-0.4, -0.2) is 20.6 Å². The number of aromatic nitrogens is 2. The first kappa shape index (κ1) is 20.3. The number of hydrogen-bond acceptors (Lipinski definition) is 3. The molecule has 0 unspecified atom stereocenters. The van der Waals surface area contributed by atoms with Crippen LogP contribution >= 0.6 is 0 Å². The largest absolute Gasteiger partial charge is 0.490 e. The van der Waals surface area contributed by atoms with Crippen molar-refractivity contribution in [3.63, 3.8) is 0 Å². The molecule has 0 spiro atoms. The Morgan fingerprint density at radius 3 is 2.31 bits per heavy atom. The topological polar surface area (TPSA) is 46.8 Å². The zero-order valence-corrected chi connectivity index (χ0v) is 18.8. The fraction of sp³-hybridized carbons (Fsp3) is 0.536. The van der Waals surface area contributed by atoms with Crippen LogP contribution in [0.4, 0.5) is 0 Å². The van der Waals surface area contributed by atoms with Gasteiger partial charge in [-0.1, -0.05) is 12.1 Å². The van der Waals surface area contributed by atoms with Crippen molar-refractivity contribution in [2.45, 2.75) is 88.3 Å². The van der Waals surface area contributed by atoms with E-state index < -0.39 is 6.10 Å². The van der Waals surface area contributed by atoms with E-state index in [1.807, 2.05) is 12.5 Å². The molecule has 3 fully saturated rings. The van der Waals surface area contributed by atoms with Gasteiger partial charge >= 0.3 is 0 Å². The monoisotopic (exact) mass is 430 g/mol. The van der Waals surface area contributed by atoms with E-state index in [1.165, 1.54) is 49.7 Å². The molecule has 3 aromatic rings. The summed E-state index contributed by atoms with van der Waals surface area (Å²) >= 11 is 0. The highest BCUT2D eigenvalue weighted by molar-refractivity contribution is 5.59. The summed E-state index contributed by atoms with van der Waals surface area (Å²) in [7, 11) is 0. The van der Waals surface area contributed by atoms with Crippen LogP contribution in [0.1, 0.15) is 98.8 Å². The molecule has 32 heavy (non-hydrogen) atoms. The molecule has 0 bridgehead atoms. The predicted molar refractivity (Wildman–Crippen MR) is 126 cm³/mol. The van der Waals surface area contributed by atoms with Gasteiger partial charge in [0, 0.05) is 11.8 Å². The van der Waals surface area contributed by atoms with Crippen molar-refractivity contribution in [3.8, 4) is 5.75 Å². The first-order valence-corrected chi connectivity index (χ1v) is 12.7. The summed E-state index contributed by atoms with van der Waals surface area (Å²) < 4.78 is 8.20. The van der Waals surface area contributed by atoms with Crippen molar-refractivity contribution >= 4 is 5.52 Å². The molecule has 2 heterocycles. The number of hydrogen-bond donors (Lipinski definition) is 1. The summed E-state index contributed by atoms with van der Waals surface area (Å²) in [6.45, 7) is 0. The van der Waals surface area contributed by atoms with Gasteiger partial charge in [-0.25, -0.2) is 4.98 Å². The number of imidazole rings is 1. The van der Waals surface area contributed by atoms with Gasteiger partial charge in [-0.3, -0.25) is 0 Å². The molecule has 6 rings (SSSR count). The Labute approximate surface area is 190 Å². The molecule has 1 atom stereocenters. The molecule has 168 valence electrons. The predicted octanol–water partition coefficient (Wildman–Crippen LogP) is 6.54. The van der Waals surface area contributed by atoms with Crippen LogP contribution in [0.25, 0.3) is 5.52 Å². The van der Waals surface area contributed by atoms with Crippen LogP contribution in [0, 0.1) is 5.92 Å². The second-order valence-corrected chi connectivity index (χ2v) is 10.3. The smallest absolute Gasteiger partial charge is 0.119 e. The average Bonchev–Trinajstić information content (AvgIpc) is 3.34. The van der Waals surface area contributed by atoms with Gasteiger partial charge in [-0.2, -0.15) is 0 Å². The first-order valence-electron chi connectivity index (χ1n) is 12.7. The van der Waals surface area contributed by atoms with Crippen molar-refractivity contribution < 1.29 is 9.84 Å². The minimum Gasteiger partial charge on any atom is -0.490 e. The summed E-state index contributed by atoms with van der Waals surface area (Å²) in [5.74, 6) is 2.56. The van der Waals surface area contributed by atoms with Crippen molar-refractivity contribution in [2.24, 2.45) is 5.92 Å². The van der Waals surface area contributed by atoms with E-state index in [9.17, 15) is 5.11 Å². The number of pyridine rings is 1. The molecule has 3 aliphatic carbocycles. The zero-order chi connectivity index (χ0) is 21.5. The van der Waals surface area contributed by atoms with Crippen molar-refractivity contribution in [1.82, 2.24) is 9.38 Å². The van der Waals surface area contributed by atoms with Gasteiger partial charge in [0.25, 0.3) is 0 Å². The van der Waals surface area contributed by atoms with E-state index in [0.29, 0.717) is 23.9 Å². The van der Waals surface area contributed by atoms with Crippen LogP contribution < -0.4 is 4.74 Å². The van der Waals surface area contributed by atoms with E-state index >= 15 is 0 Å². The fourth-order valence-corrected chi connectivity index (χ4v) is 6.12. The molecule has 1 N–H and O–H groups in total. The maximum Gasteiger partial charge on any atom is 0.119 e. The summed E-state index contributed by atoms with van der Waals surface area (Å²) in [5.41, 5.74) is 5.00. The van der Waals surface area contributed by atoms with Gasteiger partial charge in [0.2, 0.25) is 0 Å². The van der Waals surface area contributed by atoms with Crippen molar-refractivity contribution in [2.75, 3.05) is 0 Å². The third-order valence-electron chi connectivity index (χ3n) is 8.16. The third kappa shape index (κ3) is 3.94. The highest BCUT2D eigenvalue weighted by atomic mass is 16.5. The highest BCUT2D eigenvalue weighted by Gasteiger charge is 2.34. The van der Waals surface area contributed by atoms with E-state index in [1.54, 1.807) is 0 Å². The summed E-state index contributed by atoms with van der Waals surface area (Å²) in [6, 6.07) is 11.1. The number of ether oxygens (including phenoxy) is 1. The molecule has 4 heteroatoms. The number of rotatable bonds is 6. The Morgan fingerprint density at radius 2 is 1.59 bits per heavy atom. The third-order valence-corrected chi connectivity index (χ3v) is 8.16. The minimum atomic E-state index is -0.394. The van der Waals surface area contributed by atoms with Crippen LogP contribution in [0.2, 0.25) is 0 Å². The van der Waals surface area contributed by atoms with Gasteiger partial charge in [-0.15, -0.1) is 0 Å². The molecule has 0 radical (unpaired) electrons. The first-order chi connectivity index (χ1) is 15.8. The molecule has 3 saturated carbocycles. The molecular weight excluding hydrogens is 396 g/mol. The van der Waals surface area contributed by atoms with Gasteiger partial charge in [-0.05, 0) is 111 Å². The van der Waals surface area contributed by atoms with Gasteiger partial charge < -0.3 is 14.2 Å². The lowest BCUT2D eigenvalue weighted by Crippen LogP contribution is -2.21. The Balaban J connectivity index is 1.13. The number of aliphatic hydroxyl groups excluding tert-OH is 1. The fourth-order valence-electron chi connectivity index (χ4n) is 6.12. The molecule has 4 nitrogen and oxygen atoms in total. The maximum absolute atomic E-state index is 11.5. The Bertz CT molecular complexity index is 1050. The van der Waals surface area contributed by atoms with E-state index in [2.05, 4.69) is 45.9 Å². The van der Waals surface area contributed by atoms with Crippen LogP contribution in [0.15, 0.2) is 49.1 Å². The Kier molecular flexibility index (Phi) is 5.42. The molecule has 2 aromatic heterocycles. The molecular formula is C28H34N2O2. The standard InChI is InChI=1S/C28H34N2O2/c31-28(27-25(21-7-8-21)15-16-30-18-29-17-26(27)30)22-9-5-19(6-10-22)20-11-13-24(14-12-20)32-23-3-1-2-4-23/h11-19,21-23,28,31H,1-10H2/t19-,22-,28-/m0/s1. The molecule has 0 amide bonds. The Morgan fingerprint density at radius 1 is 0.875 bits per heavy atom. The molecule has 0 saturated heterocycles. The number of aliphatic hydroxyl groups is 1. The van der Waals surface area contributed by atoms with Crippen LogP contribution in [0.5, 0.6) is 5.75 Å².